The number of methoxy groups -OCH3 is 1. The molecule has 0 aliphatic carbocycles. The number of nitrogens with zero attached hydrogens (tertiary/aromatic N) is 3. The van der Waals surface area contributed by atoms with Gasteiger partial charge < -0.3 is 4.74 Å². The summed E-state index contributed by atoms with van der Waals surface area (Å²) in [7, 11) is 1.54. The molecule has 0 radical (unpaired) electrons. The molecule has 0 bridgehead atoms. The second kappa shape index (κ2) is 7.71. The van der Waals surface area contributed by atoms with E-state index in [2.05, 4.69) is 4.98 Å². The number of benzene rings is 2. The summed E-state index contributed by atoms with van der Waals surface area (Å²) in [5, 5.41) is 0.318. The SMILES string of the molecule is COc1ccccc1Cn1c(=O)c2cccnc2n(Cc2cccc(F)c2)c1=O. The molecule has 2 aromatic carbocycles. The van der Waals surface area contributed by atoms with Crippen LogP contribution in [-0.4, -0.2) is 21.2 Å². The minimum atomic E-state index is -0.517. The minimum absolute atomic E-state index is 0.0513. The Balaban J connectivity index is 1.91. The van der Waals surface area contributed by atoms with Crippen LogP contribution in [0.3, 0.4) is 0 Å². The van der Waals surface area contributed by atoms with Crippen LogP contribution in [0.15, 0.2) is 76.4 Å². The zero-order valence-corrected chi connectivity index (χ0v) is 15.7. The van der Waals surface area contributed by atoms with E-state index in [1.165, 1.54) is 30.0 Å². The highest BCUT2D eigenvalue weighted by Crippen LogP contribution is 2.18. The van der Waals surface area contributed by atoms with E-state index >= 15 is 0 Å². The van der Waals surface area contributed by atoms with Gasteiger partial charge in [-0.05, 0) is 35.9 Å². The van der Waals surface area contributed by atoms with E-state index in [1.807, 2.05) is 12.1 Å². The van der Waals surface area contributed by atoms with E-state index in [0.29, 0.717) is 22.3 Å². The molecule has 0 saturated heterocycles. The summed E-state index contributed by atoms with van der Waals surface area (Å²) in [6.07, 6.45) is 1.52. The fraction of sp³-hybridized carbons (Fsp3) is 0.136. The highest BCUT2D eigenvalue weighted by Gasteiger charge is 2.16. The lowest BCUT2D eigenvalue weighted by atomic mass is 10.2. The molecular formula is C22H18FN3O3. The maximum atomic E-state index is 13.6. The van der Waals surface area contributed by atoms with E-state index in [1.54, 1.807) is 36.4 Å². The van der Waals surface area contributed by atoms with Gasteiger partial charge in [-0.2, -0.15) is 0 Å². The Bertz CT molecular complexity index is 1310. The molecule has 29 heavy (non-hydrogen) atoms. The zero-order valence-electron chi connectivity index (χ0n) is 15.7. The van der Waals surface area contributed by atoms with Crippen LogP contribution in [0.25, 0.3) is 11.0 Å². The summed E-state index contributed by atoms with van der Waals surface area (Å²) in [5.41, 5.74) is 0.621. The van der Waals surface area contributed by atoms with Crippen molar-refractivity contribution in [3.63, 3.8) is 0 Å². The predicted molar refractivity (Wildman–Crippen MR) is 108 cm³/mol. The van der Waals surface area contributed by atoms with Crippen molar-refractivity contribution in [2.24, 2.45) is 0 Å². The van der Waals surface area contributed by atoms with Gasteiger partial charge in [-0.3, -0.25) is 13.9 Å². The van der Waals surface area contributed by atoms with Gasteiger partial charge in [-0.25, -0.2) is 14.2 Å². The normalized spacial score (nSPS) is 11.0. The smallest absolute Gasteiger partial charge is 0.333 e. The number of fused-ring (bicyclic) bond motifs is 1. The van der Waals surface area contributed by atoms with Gasteiger partial charge in [0.2, 0.25) is 0 Å². The van der Waals surface area contributed by atoms with Crippen molar-refractivity contribution in [3.05, 3.63) is 105 Å². The minimum Gasteiger partial charge on any atom is -0.496 e. The van der Waals surface area contributed by atoms with E-state index in [9.17, 15) is 14.0 Å². The highest BCUT2D eigenvalue weighted by molar-refractivity contribution is 5.73. The van der Waals surface area contributed by atoms with Crippen molar-refractivity contribution in [2.75, 3.05) is 7.11 Å². The number of rotatable bonds is 5. The second-order valence-electron chi connectivity index (χ2n) is 6.58. The topological polar surface area (TPSA) is 66.1 Å². The van der Waals surface area contributed by atoms with E-state index in [0.717, 1.165) is 4.57 Å². The van der Waals surface area contributed by atoms with Crippen molar-refractivity contribution in [2.45, 2.75) is 13.1 Å². The van der Waals surface area contributed by atoms with E-state index in [4.69, 9.17) is 4.74 Å². The van der Waals surface area contributed by atoms with Crippen LogP contribution in [0, 0.1) is 5.82 Å². The lowest BCUT2D eigenvalue weighted by Crippen LogP contribution is -2.40. The summed E-state index contributed by atoms with van der Waals surface area (Å²) < 4.78 is 21.5. The fourth-order valence-corrected chi connectivity index (χ4v) is 3.35. The van der Waals surface area contributed by atoms with Crippen molar-refractivity contribution in [1.82, 2.24) is 14.1 Å². The molecule has 0 N–H and O–H groups in total. The number of pyridine rings is 1. The number of ether oxygens (including phenoxy) is 1. The first-order valence-electron chi connectivity index (χ1n) is 9.03. The monoisotopic (exact) mass is 391 g/mol. The summed E-state index contributed by atoms with van der Waals surface area (Å²) >= 11 is 0. The van der Waals surface area contributed by atoms with E-state index < -0.39 is 17.1 Å². The third kappa shape index (κ3) is 3.54. The second-order valence-corrected chi connectivity index (χ2v) is 6.58. The average Bonchev–Trinajstić information content (AvgIpc) is 2.74. The third-order valence-electron chi connectivity index (χ3n) is 4.73. The Morgan fingerprint density at radius 1 is 0.966 bits per heavy atom. The van der Waals surface area contributed by atoms with E-state index in [-0.39, 0.29) is 18.7 Å². The fourth-order valence-electron chi connectivity index (χ4n) is 3.35. The molecule has 6 nitrogen and oxygen atoms in total. The number of halogens is 1. The predicted octanol–water partition coefficient (Wildman–Crippen LogP) is 2.80. The third-order valence-corrected chi connectivity index (χ3v) is 4.73. The molecule has 0 unspecified atom stereocenters. The van der Waals surface area contributed by atoms with Crippen molar-refractivity contribution in [3.8, 4) is 5.75 Å². The first-order chi connectivity index (χ1) is 14.1. The highest BCUT2D eigenvalue weighted by atomic mass is 19.1. The average molecular weight is 391 g/mol. The number of aromatic nitrogens is 3. The van der Waals surface area contributed by atoms with Crippen LogP contribution in [0.4, 0.5) is 4.39 Å². The van der Waals surface area contributed by atoms with Crippen LogP contribution >= 0.6 is 0 Å². The summed E-state index contributed by atoms with van der Waals surface area (Å²) in [4.78, 5) is 30.5. The van der Waals surface area contributed by atoms with Gasteiger partial charge in [-0.1, -0.05) is 30.3 Å². The van der Waals surface area contributed by atoms with Crippen molar-refractivity contribution in [1.29, 1.82) is 0 Å². The van der Waals surface area contributed by atoms with Gasteiger partial charge in [0, 0.05) is 11.8 Å². The molecule has 0 aliphatic heterocycles. The zero-order chi connectivity index (χ0) is 20.4. The van der Waals surface area contributed by atoms with Crippen LogP contribution in [-0.2, 0) is 13.1 Å². The summed E-state index contributed by atoms with van der Waals surface area (Å²) in [6.45, 7) is 0.145. The van der Waals surface area contributed by atoms with Crippen molar-refractivity contribution < 1.29 is 9.13 Å². The first kappa shape index (κ1) is 18.6. The molecule has 0 fully saturated rings. The summed E-state index contributed by atoms with van der Waals surface area (Å²) in [6, 6.07) is 16.5. The Morgan fingerprint density at radius 3 is 2.59 bits per heavy atom. The van der Waals surface area contributed by atoms with Gasteiger partial charge in [-0.15, -0.1) is 0 Å². The Morgan fingerprint density at radius 2 is 1.79 bits per heavy atom. The molecule has 0 saturated carbocycles. The van der Waals surface area contributed by atoms with Gasteiger partial charge in [0.15, 0.2) is 0 Å². The molecule has 4 rings (SSSR count). The van der Waals surface area contributed by atoms with Gasteiger partial charge in [0.25, 0.3) is 5.56 Å². The molecule has 0 atom stereocenters. The molecule has 0 aliphatic rings. The maximum absolute atomic E-state index is 13.6. The number of hydrogen-bond acceptors (Lipinski definition) is 4. The standard InChI is InChI=1S/C22H18FN3O3/c1-29-19-10-3-2-7-16(19)14-26-21(27)18-9-5-11-24-20(18)25(22(26)28)13-15-6-4-8-17(23)12-15/h2-12H,13-14H2,1H3. The quantitative estimate of drug-likeness (QED) is 0.525. The van der Waals surface area contributed by atoms with Crippen LogP contribution in [0.5, 0.6) is 5.75 Å². The molecule has 0 amide bonds. The number of para-hydroxylation sites is 1. The molecule has 2 heterocycles. The van der Waals surface area contributed by atoms with Crippen LogP contribution < -0.4 is 16.0 Å². The molecule has 7 heteroatoms. The Hall–Kier alpha value is -3.74. The lowest BCUT2D eigenvalue weighted by molar-refractivity contribution is 0.407. The first-order valence-corrected chi connectivity index (χ1v) is 9.03. The van der Waals surface area contributed by atoms with Gasteiger partial charge in [0.05, 0.1) is 25.6 Å². The maximum Gasteiger partial charge on any atom is 0.333 e. The molecular weight excluding hydrogens is 373 g/mol. The van der Waals surface area contributed by atoms with Gasteiger partial charge in [0.1, 0.15) is 17.2 Å². The van der Waals surface area contributed by atoms with Gasteiger partial charge >= 0.3 is 5.69 Å². The van der Waals surface area contributed by atoms with Crippen molar-refractivity contribution >= 4 is 11.0 Å². The largest absolute Gasteiger partial charge is 0.496 e. The summed E-state index contributed by atoms with van der Waals surface area (Å²) in [5.74, 6) is 0.192. The lowest BCUT2D eigenvalue weighted by Gasteiger charge is -2.15. The van der Waals surface area contributed by atoms with Crippen LogP contribution in [0.1, 0.15) is 11.1 Å². The number of hydrogen-bond donors (Lipinski definition) is 0. The molecule has 2 aromatic heterocycles. The molecule has 4 aromatic rings. The Kier molecular flexibility index (Phi) is 4.95. The van der Waals surface area contributed by atoms with Crippen LogP contribution in [0.2, 0.25) is 0 Å². The molecule has 0 spiro atoms. The molecule has 146 valence electrons. The Labute approximate surface area is 165 Å².